The van der Waals surface area contributed by atoms with E-state index >= 15 is 9.59 Å². The topological polar surface area (TPSA) is 279 Å². The Hall–Kier alpha value is -5.75. The number of nitrogens with one attached hydrogen (secondary N) is 3. The number of amides is 10. The molecule has 24 nitrogen and oxygen atoms in total. The van der Waals surface area contributed by atoms with Crippen LogP contribution in [0.2, 0.25) is 0 Å². The number of unbranched alkanes of at least 4 members (excludes halogenated alkanes) is 1. The molecule has 8 atom stereocenters. The van der Waals surface area contributed by atoms with Crippen molar-refractivity contribution in [2.75, 3.05) is 95.2 Å². The minimum absolute atomic E-state index is 0.0967. The highest BCUT2D eigenvalue weighted by atomic mass is 16.5. The summed E-state index contributed by atoms with van der Waals surface area (Å²) in [5.74, 6) is -6.43. The van der Waals surface area contributed by atoms with Crippen LogP contribution in [0, 0.1) is 23.7 Å². The number of aliphatic hydroxyl groups is 1. The van der Waals surface area contributed by atoms with Crippen molar-refractivity contribution in [1.82, 2.24) is 55.1 Å². The SMILES string of the molecule is CCCCN(CC(=O)N(C)[C@@H](CC(C)C)C(=O)N(C)[C@@H](CC(C)C)C(=O)N[C@@H](COC(C)(C)C)C(=O)N(C)[C@@H](CC(C)C)C(=O)NC(CC(=O)N(C)CC(=O)N(C)CC=O)C(=O)N1CCCCC1)C(=O)C(NC(=O)[C@H](CC(C)C)N(C)C)[C@@H](C)O. The number of piperidine rings is 1. The molecule has 1 heterocycles. The van der Waals surface area contributed by atoms with Crippen molar-refractivity contribution in [3.8, 4) is 0 Å². The second-order valence-corrected chi connectivity index (χ2v) is 26.1. The number of likely N-dealkylation sites (tertiary alicyclic amines) is 1. The van der Waals surface area contributed by atoms with Gasteiger partial charge in [0.1, 0.15) is 42.5 Å². The van der Waals surface area contributed by atoms with Gasteiger partial charge in [0.05, 0.1) is 50.4 Å². The Labute approximate surface area is 508 Å². The largest absolute Gasteiger partial charge is 0.391 e. The van der Waals surface area contributed by atoms with E-state index in [2.05, 4.69) is 16.0 Å². The normalized spacial score (nSPS) is 15.7. The van der Waals surface area contributed by atoms with Gasteiger partial charge in [0.15, 0.2) is 0 Å². The van der Waals surface area contributed by atoms with E-state index in [0.717, 1.165) is 29.1 Å². The summed E-state index contributed by atoms with van der Waals surface area (Å²) in [4.78, 5) is 164. The predicted octanol–water partition coefficient (Wildman–Crippen LogP) is 2.38. The van der Waals surface area contributed by atoms with Crippen LogP contribution in [-0.4, -0.2) is 259 Å². The van der Waals surface area contributed by atoms with E-state index in [0.29, 0.717) is 38.6 Å². The molecule has 1 rings (SSSR count). The van der Waals surface area contributed by atoms with Crippen molar-refractivity contribution in [3.63, 3.8) is 0 Å². The number of hydrogen-bond acceptors (Lipinski definition) is 14. The van der Waals surface area contributed by atoms with E-state index in [9.17, 15) is 48.3 Å². The number of carbonyl (C=O) groups excluding carboxylic acids is 11. The number of carbonyl (C=O) groups is 11. The molecule has 2 unspecified atom stereocenters. The van der Waals surface area contributed by atoms with Crippen LogP contribution in [0.4, 0.5) is 0 Å². The second-order valence-electron chi connectivity index (χ2n) is 26.1. The molecule has 0 aromatic heterocycles. The first-order valence-electron chi connectivity index (χ1n) is 30.6. The van der Waals surface area contributed by atoms with Gasteiger partial charge in [0.25, 0.3) is 0 Å². The first-order chi connectivity index (χ1) is 39.4. The molecule has 1 fully saturated rings. The van der Waals surface area contributed by atoms with Crippen molar-refractivity contribution >= 4 is 65.4 Å². The fourth-order valence-electron chi connectivity index (χ4n) is 9.87. The van der Waals surface area contributed by atoms with Crippen LogP contribution >= 0.6 is 0 Å². The number of likely N-dealkylation sites (N-methyl/N-ethyl adjacent to an activating group) is 6. The van der Waals surface area contributed by atoms with Gasteiger partial charge in [-0.3, -0.25) is 52.8 Å². The Morgan fingerprint density at radius 1 is 0.565 bits per heavy atom. The van der Waals surface area contributed by atoms with Gasteiger partial charge in [-0.05, 0) is 117 Å². The van der Waals surface area contributed by atoms with Crippen LogP contribution < -0.4 is 16.0 Å². The van der Waals surface area contributed by atoms with E-state index in [1.165, 1.54) is 61.8 Å². The smallest absolute Gasteiger partial charge is 0.248 e. The van der Waals surface area contributed by atoms with Crippen LogP contribution in [0.25, 0.3) is 0 Å². The van der Waals surface area contributed by atoms with Gasteiger partial charge in [-0.2, -0.15) is 0 Å². The Morgan fingerprint density at radius 3 is 1.49 bits per heavy atom. The second kappa shape index (κ2) is 37.1. The number of rotatable bonds is 36. The first kappa shape index (κ1) is 77.3. The van der Waals surface area contributed by atoms with E-state index in [4.69, 9.17) is 4.74 Å². The van der Waals surface area contributed by atoms with Crippen molar-refractivity contribution in [1.29, 1.82) is 0 Å². The Balaban J connectivity index is 3.76. The van der Waals surface area contributed by atoms with Gasteiger partial charge in [0, 0.05) is 54.9 Å². The highest BCUT2D eigenvalue weighted by Crippen LogP contribution is 2.22. The number of aliphatic hydroxyl groups excluding tert-OH is 1. The van der Waals surface area contributed by atoms with Gasteiger partial charge >= 0.3 is 0 Å². The molecule has 24 heteroatoms. The Morgan fingerprint density at radius 2 is 1.04 bits per heavy atom. The molecule has 4 N–H and O–H groups in total. The van der Waals surface area contributed by atoms with Gasteiger partial charge in [-0.25, -0.2) is 0 Å². The minimum Gasteiger partial charge on any atom is -0.391 e. The molecule has 0 aliphatic carbocycles. The average molecular weight is 1210 g/mol. The zero-order chi connectivity index (χ0) is 65.4. The highest BCUT2D eigenvalue weighted by Gasteiger charge is 2.42. The number of hydrogen-bond donors (Lipinski definition) is 4. The lowest BCUT2D eigenvalue weighted by atomic mass is 9.97. The number of aldehydes is 1. The van der Waals surface area contributed by atoms with Crippen molar-refractivity contribution in [2.24, 2.45) is 23.7 Å². The first-order valence-corrected chi connectivity index (χ1v) is 30.6. The zero-order valence-corrected chi connectivity index (χ0v) is 55.5. The summed E-state index contributed by atoms with van der Waals surface area (Å²) in [5.41, 5.74) is -0.817. The van der Waals surface area contributed by atoms with Crippen LogP contribution in [0.1, 0.15) is 154 Å². The fraction of sp³-hybridized carbons (Fsp3) is 0.820. The third-order valence-corrected chi connectivity index (χ3v) is 15.1. The predicted molar refractivity (Wildman–Crippen MR) is 326 cm³/mol. The zero-order valence-electron chi connectivity index (χ0n) is 55.5. The van der Waals surface area contributed by atoms with Gasteiger partial charge in [-0.1, -0.05) is 68.7 Å². The highest BCUT2D eigenvalue weighted by molar-refractivity contribution is 5.98. The molecular formula is C61H111N11O13. The molecule has 10 amide bonds. The fourth-order valence-corrected chi connectivity index (χ4v) is 9.87. The molecule has 0 aromatic carbocycles. The van der Waals surface area contributed by atoms with Crippen LogP contribution in [0.15, 0.2) is 0 Å². The number of ether oxygens (including phenoxy) is 1. The van der Waals surface area contributed by atoms with E-state index in [1.54, 1.807) is 44.7 Å². The minimum atomic E-state index is -1.42. The Kier molecular flexibility index (Phi) is 33.7. The van der Waals surface area contributed by atoms with Crippen molar-refractivity contribution in [2.45, 2.75) is 208 Å². The summed E-state index contributed by atoms with van der Waals surface area (Å²) in [6.07, 6.45) is 3.13. The maximum atomic E-state index is 15.0. The monoisotopic (exact) mass is 1210 g/mol. The summed E-state index contributed by atoms with van der Waals surface area (Å²) >= 11 is 0. The molecular weight excluding hydrogens is 1090 g/mol. The third kappa shape index (κ3) is 26.4. The quantitative estimate of drug-likeness (QED) is 0.0656. The van der Waals surface area contributed by atoms with Gasteiger partial charge < -0.3 is 64.9 Å². The molecule has 0 saturated carbocycles. The molecule has 1 aliphatic heterocycles. The molecule has 1 saturated heterocycles. The van der Waals surface area contributed by atoms with E-state index in [-0.39, 0.29) is 69.2 Å². The summed E-state index contributed by atoms with van der Waals surface area (Å²) in [5, 5.41) is 19.3. The van der Waals surface area contributed by atoms with E-state index < -0.39 is 126 Å². The maximum Gasteiger partial charge on any atom is 0.248 e. The van der Waals surface area contributed by atoms with Gasteiger partial charge in [0.2, 0.25) is 59.1 Å². The summed E-state index contributed by atoms with van der Waals surface area (Å²) in [6, 6.07) is -8.32. The summed E-state index contributed by atoms with van der Waals surface area (Å²) < 4.78 is 6.14. The lowest BCUT2D eigenvalue weighted by Crippen LogP contribution is -2.61. The van der Waals surface area contributed by atoms with Crippen LogP contribution in [0.5, 0.6) is 0 Å². The molecule has 0 aromatic rings. The van der Waals surface area contributed by atoms with Crippen molar-refractivity contribution < 1.29 is 62.6 Å². The summed E-state index contributed by atoms with van der Waals surface area (Å²) in [6.45, 7) is 23.3. The molecule has 0 spiro atoms. The van der Waals surface area contributed by atoms with Crippen LogP contribution in [0.3, 0.4) is 0 Å². The lowest BCUT2D eigenvalue weighted by molar-refractivity contribution is -0.152. The lowest BCUT2D eigenvalue weighted by Gasteiger charge is -2.38. The molecule has 0 radical (unpaired) electrons. The van der Waals surface area contributed by atoms with Crippen molar-refractivity contribution in [3.05, 3.63) is 0 Å². The summed E-state index contributed by atoms with van der Waals surface area (Å²) in [7, 11) is 10.6. The maximum absolute atomic E-state index is 15.0. The van der Waals surface area contributed by atoms with Gasteiger partial charge in [-0.15, -0.1) is 0 Å². The standard InChI is InChI=1S/C61H111N11O13/c1-21-22-26-72(60(84)53(43(10)74)64-54(78)46(65(14)15)31-39(2)3)37-52(77)68(18)49(34-42(8)9)59(83)70(20)48(33-41(6)7)56(80)63-45(38-85-61(11,12)13)57(81)69(19)47(32-40(4)5)55(79)62-44(58(82)71-27-24-23-25-28-71)35-50(75)67(17)36-51(76)66(16)29-30-73/h30,39-49,53,74H,21-29,31-38H2,1-20H3,(H,62,79)(H,63,80)(H,64,78)/t43-,44?,45+,46+,47+,48+,49+,53?/m1/s1. The average Bonchev–Trinajstić information content (AvgIpc) is 3.47. The third-order valence-electron chi connectivity index (χ3n) is 15.1. The van der Waals surface area contributed by atoms with Crippen LogP contribution in [-0.2, 0) is 57.5 Å². The molecule has 488 valence electrons. The molecule has 1 aliphatic rings. The number of nitrogens with zero attached hydrogens (tertiary/aromatic N) is 8. The molecule has 85 heavy (non-hydrogen) atoms. The molecule has 0 bridgehead atoms. The van der Waals surface area contributed by atoms with E-state index in [1.807, 2.05) is 62.3 Å². The Bertz CT molecular complexity index is 2200.